The monoisotopic (exact) mass is 485 g/mol. The standard InChI is InChI=1S/C27H23N3O4S/c31-35(32,20-12-13-25-26(17-20)34-16-15-33-25)28-18-22-24-11-6-14-30(24)23-10-5-4-9-21(23)27(29-22)19-7-2-1-3-8-19/h1-14,17,27-28H,15-16,18H2. The van der Waals surface area contributed by atoms with E-state index in [0.29, 0.717) is 30.4 Å². The third kappa shape index (κ3) is 4.00. The second-order valence-corrected chi connectivity index (χ2v) is 10.1. The van der Waals surface area contributed by atoms with Crippen LogP contribution >= 0.6 is 0 Å². The van der Waals surface area contributed by atoms with Crippen molar-refractivity contribution in [1.29, 1.82) is 0 Å². The summed E-state index contributed by atoms with van der Waals surface area (Å²) in [6.07, 6.45) is 1.98. The number of aliphatic imine (C=N–C) groups is 1. The zero-order valence-corrected chi connectivity index (χ0v) is 19.6. The van der Waals surface area contributed by atoms with Gasteiger partial charge in [0.1, 0.15) is 19.3 Å². The summed E-state index contributed by atoms with van der Waals surface area (Å²) in [4.78, 5) is 5.21. The van der Waals surface area contributed by atoms with E-state index in [1.807, 2.05) is 60.8 Å². The number of hydrogen-bond acceptors (Lipinski definition) is 5. The van der Waals surface area contributed by atoms with Crippen molar-refractivity contribution in [3.63, 3.8) is 0 Å². The van der Waals surface area contributed by atoms with Gasteiger partial charge in [-0.1, -0.05) is 48.5 Å². The van der Waals surface area contributed by atoms with Crippen LogP contribution in [0.4, 0.5) is 0 Å². The molecule has 3 aromatic carbocycles. The van der Waals surface area contributed by atoms with Crippen molar-refractivity contribution in [2.45, 2.75) is 10.9 Å². The average molecular weight is 486 g/mol. The lowest BCUT2D eigenvalue weighted by molar-refractivity contribution is 0.171. The quantitative estimate of drug-likeness (QED) is 0.461. The van der Waals surface area contributed by atoms with Gasteiger partial charge in [-0.05, 0) is 35.9 Å². The van der Waals surface area contributed by atoms with Crippen LogP contribution in [0.1, 0.15) is 22.9 Å². The van der Waals surface area contributed by atoms with Crippen LogP contribution in [0.3, 0.4) is 0 Å². The molecule has 0 radical (unpaired) electrons. The molecule has 0 amide bonds. The lowest BCUT2D eigenvalue weighted by atomic mass is 9.98. The molecule has 1 aromatic heterocycles. The Kier molecular flexibility index (Phi) is 5.39. The van der Waals surface area contributed by atoms with Crippen molar-refractivity contribution in [3.05, 3.63) is 108 Å². The van der Waals surface area contributed by atoms with Crippen molar-refractivity contribution < 1.29 is 17.9 Å². The maximum absolute atomic E-state index is 13.2. The number of sulfonamides is 1. The van der Waals surface area contributed by atoms with Crippen LogP contribution in [0.5, 0.6) is 11.5 Å². The summed E-state index contributed by atoms with van der Waals surface area (Å²) in [5.41, 5.74) is 4.62. The van der Waals surface area contributed by atoms with Gasteiger partial charge in [0, 0.05) is 17.8 Å². The number of ether oxygens (including phenoxy) is 2. The largest absolute Gasteiger partial charge is 0.486 e. The molecule has 1 atom stereocenters. The van der Waals surface area contributed by atoms with Crippen molar-refractivity contribution in [2.75, 3.05) is 19.8 Å². The third-order valence-corrected chi connectivity index (χ3v) is 7.59. The molecule has 7 nitrogen and oxygen atoms in total. The first-order chi connectivity index (χ1) is 17.1. The van der Waals surface area contributed by atoms with E-state index in [4.69, 9.17) is 14.5 Å². The van der Waals surface area contributed by atoms with Crippen LogP contribution in [0.15, 0.2) is 101 Å². The molecule has 0 saturated heterocycles. The highest BCUT2D eigenvalue weighted by molar-refractivity contribution is 7.89. The fraction of sp³-hybridized carbons (Fsp3) is 0.148. The van der Waals surface area contributed by atoms with Crippen LogP contribution in [0, 0.1) is 0 Å². The molecule has 0 bridgehead atoms. The van der Waals surface area contributed by atoms with Gasteiger partial charge in [-0.3, -0.25) is 4.99 Å². The Bertz CT molecular complexity index is 1530. The Morgan fingerprint density at radius 2 is 1.66 bits per heavy atom. The molecule has 4 aromatic rings. The number of rotatable bonds is 5. The van der Waals surface area contributed by atoms with E-state index in [9.17, 15) is 8.42 Å². The summed E-state index contributed by atoms with van der Waals surface area (Å²) in [7, 11) is -3.82. The highest BCUT2D eigenvalue weighted by Crippen LogP contribution is 2.35. The minimum atomic E-state index is -3.82. The van der Waals surface area contributed by atoms with Crippen LogP contribution in [0.25, 0.3) is 5.69 Å². The molecule has 35 heavy (non-hydrogen) atoms. The second kappa shape index (κ2) is 8.72. The minimum Gasteiger partial charge on any atom is -0.486 e. The molecular formula is C27H23N3O4S. The number of fused-ring (bicyclic) bond motifs is 4. The van der Waals surface area contributed by atoms with Gasteiger partial charge in [0.15, 0.2) is 11.5 Å². The van der Waals surface area contributed by atoms with Crippen molar-refractivity contribution in [1.82, 2.24) is 9.29 Å². The molecule has 2 aliphatic rings. The minimum absolute atomic E-state index is 0.0398. The Morgan fingerprint density at radius 3 is 2.51 bits per heavy atom. The fourth-order valence-electron chi connectivity index (χ4n) is 4.52. The molecule has 6 rings (SSSR count). The molecule has 2 aliphatic heterocycles. The third-order valence-electron chi connectivity index (χ3n) is 6.19. The van der Waals surface area contributed by atoms with Gasteiger partial charge in [0.05, 0.1) is 28.5 Å². The van der Waals surface area contributed by atoms with Gasteiger partial charge < -0.3 is 14.0 Å². The topological polar surface area (TPSA) is 81.9 Å². The van der Waals surface area contributed by atoms with E-state index < -0.39 is 10.0 Å². The molecule has 176 valence electrons. The first kappa shape index (κ1) is 21.6. The molecule has 0 saturated carbocycles. The van der Waals surface area contributed by atoms with Gasteiger partial charge in [-0.25, -0.2) is 13.1 Å². The summed E-state index contributed by atoms with van der Waals surface area (Å²) in [6.45, 7) is 0.874. The smallest absolute Gasteiger partial charge is 0.241 e. The Morgan fingerprint density at radius 1 is 0.886 bits per heavy atom. The van der Waals surface area contributed by atoms with Crippen LogP contribution in [0.2, 0.25) is 0 Å². The van der Waals surface area contributed by atoms with Gasteiger partial charge in [0.2, 0.25) is 10.0 Å². The second-order valence-electron chi connectivity index (χ2n) is 8.34. The normalized spacial score (nSPS) is 16.6. The fourth-order valence-corrected chi connectivity index (χ4v) is 5.52. The zero-order valence-electron chi connectivity index (χ0n) is 18.8. The zero-order chi connectivity index (χ0) is 23.8. The molecule has 1 N–H and O–H groups in total. The Hall–Kier alpha value is -3.88. The van der Waals surface area contributed by atoms with Gasteiger partial charge >= 0.3 is 0 Å². The Balaban J connectivity index is 1.37. The number of hydrogen-bond donors (Lipinski definition) is 1. The summed E-state index contributed by atoms with van der Waals surface area (Å²) in [5.74, 6) is 0.976. The van der Waals surface area contributed by atoms with E-state index in [1.165, 1.54) is 12.1 Å². The van der Waals surface area contributed by atoms with Crippen molar-refractivity contribution in [3.8, 4) is 17.2 Å². The van der Waals surface area contributed by atoms with E-state index in [0.717, 1.165) is 22.5 Å². The summed E-state index contributed by atoms with van der Waals surface area (Å²) < 4.78 is 42.3. The van der Waals surface area contributed by atoms with Crippen molar-refractivity contribution in [2.24, 2.45) is 4.99 Å². The lowest BCUT2D eigenvalue weighted by Crippen LogP contribution is -2.31. The number of para-hydroxylation sites is 1. The van der Waals surface area contributed by atoms with E-state index in [2.05, 4.69) is 21.4 Å². The summed E-state index contributed by atoms with van der Waals surface area (Å²) >= 11 is 0. The molecule has 0 spiro atoms. The van der Waals surface area contributed by atoms with E-state index >= 15 is 0 Å². The molecule has 0 fully saturated rings. The molecule has 3 heterocycles. The van der Waals surface area contributed by atoms with E-state index in [1.54, 1.807) is 6.07 Å². The SMILES string of the molecule is O=S(=O)(NCC1=NC(c2ccccc2)c2ccccc2-n2cccc21)c1ccc2c(c1)OCCO2. The summed E-state index contributed by atoms with van der Waals surface area (Å²) in [5, 5.41) is 0. The molecule has 1 unspecified atom stereocenters. The maximum atomic E-state index is 13.2. The van der Waals surface area contributed by atoms with Gasteiger partial charge in [-0.15, -0.1) is 0 Å². The van der Waals surface area contributed by atoms with Gasteiger partial charge in [0.25, 0.3) is 0 Å². The van der Waals surface area contributed by atoms with E-state index in [-0.39, 0.29) is 17.5 Å². The Labute approximate surface area is 203 Å². The lowest BCUT2D eigenvalue weighted by Gasteiger charge is -2.19. The van der Waals surface area contributed by atoms with Crippen LogP contribution < -0.4 is 14.2 Å². The van der Waals surface area contributed by atoms with Gasteiger partial charge in [-0.2, -0.15) is 0 Å². The molecule has 8 heteroatoms. The number of nitrogens with one attached hydrogen (secondary N) is 1. The first-order valence-electron chi connectivity index (χ1n) is 11.4. The predicted molar refractivity (Wildman–Crippen MR) is 133 cm³/mol. The summed E-state index contributed by atoms with van der Waals surface area (Å²) in [6, 6.07) is 26.5. The van der Waals surface area contributed by atoms with Crippen LogP contribution in [-0.4, -0.2) is 38.5 Å². The predicted octanol–water partition coefficient (Wildman–Crippen LogP) is 4.12. The maximum Gasteiger partial charge on any atom is 0.241 e. The molecule has 0 aliphatic carbocycles. The highest BCUT2D eigenvalue weighted by atomic mass is 32.2. The molecular weight excluding hydrogens is 462 g/mol. The number of aromatic nitrogens is 1. The number of benzene rings is 3. The van der Waals surface area contributed by atoms with Crippen molar-refractivity contribution >= 4 is 15.7 Å². The van der Waals surface area contributed by atoms with Crippen LogP contribution in [-0.2, 0) is 10.0 Å². The first-order valence-corrected chi connectivity index (χ1v) is 12.9. The average Bonchev–Trinajstić information content (AvgIpc) is 3.34. The number of nitrogens with zero attached hydrogens (tertiary/aromatic N) is 2. The highest BCUT2D eigenvalue weighted by Gasteiger charge is 2.26.